The molecule has 154 valence electrons. The standard InChI is InChI=1S/C26H20INO3/c27-17-9-10-21-19(13-17)24(25(29)28-21)26(12-11-16-5-1-2-6-20(16)26)14-18-15-30-22-7-3-4-8-23(22)31-18/h1-13,18,24H,14-15H2,(H,28,29). The Bertz CT molecular complexity index is 1240. The van der Waals surface area contributed by atoms with Crippen molar-refractivity contribution in [3.8, 4) is 11.5 Å². The van der Waals surface area contributed by atoms with Gasteiger partial charge >= 0.3 is 0 Å². The number of fused-ring (bicyclic) bond motifs is 3. The number of carbonyl (C=O) groups excluding carboxylic acids is 1. The van der Waals surface area contributed by atoms with Gasteiger partial charge in [0.1, 0.15) is 12.7 Å². The molecule has 3 aromatic rings. The zero-order valence-corrected chi connectivity index (χ0v) is 18.8. The monoisotopic (exact) mass is 521 g/mol. The summed E-state index contributed by atoms with van der Waals surface area (Å²) >= 11 is 2.31. The first-order valence-electron chi connectivity index (χ1n) is 10.4. The number of halogens is 1. The SMILES string of the molecule is O=C1Nc2ccc(I)cc2C1C1(CC2COc3ccccc3O2)C=Cc2ccccc21. The zero-order chi connectivity index (χ0) is 21.0. The van der Waals surface area contributed by atoms with Gasteiger partial charge in [0.15, 0.2) is 11.5 Å². The third-order valence-electron chi connectivity index (χ3n) is 6.52. The van der Waals surface area contributed by atoms with Gasteiger partial charge in [-0.25, -0.2) is 0 Å². The van der Waals surface area contributed by atoms with Crippen molar-refractivity contribution in [1.82, 2.24) is 0 Å². The number of allylic oxidation sites excluding steroid dienone is 1. The van der Waals surface area contributed by atoms with Crippen LogP contribution in [0.5, 0.6) is 11.5 Å². The third kappa shape index (κ3) is 2.97. The van der Waals surface area contributed by atoms with Gasteiger partial charge in [-0.2, -0.15) is 0 Å². The summed E-state index contributed by atoms with van der Waals surface area (Å²) in [6.07, 6.45) is 4.84. The van der Waals surface area contributed by atoms with E-state index in [1.54, 1.807) is 0 Å². The number of anilines is 1. The smallest absolute Gasteiger partial charge is 0.233 e. The summed E-state index contributed by atoms with van der Waals surface area (Å²) in [5, 5.41) is 3.11. The van der Waals surface area contributed by atoms with Gasteiger partial charge in [0.25, 0.3) is 0 Å². The second kappa shape index (κ2) is 7.12. The van der Waals surface area contributed by atoms with Crippen LogP contribution in [0.1, 0.15) is 29.0 Å². The van der Waals surface area contributed by atoms with E-state index in [0.717, 1.165) is 31.9 Å². The number of benzene rings is 3. The maximum absolute atomic E-state index is 13.4. The van der Waals surface area contributed by atoms with Gasteiger partial charge in [-0.1, -0.05) is 48.6 Å². The molecule has 0 radical (unpaired) electrons. The lowest BCUT2D eigenvalue weighted by atomic mass is 9.66. The lowest BCUT2D eigenvalue weighted by Crippen LogP contribution is -2.42. The van der Waals surface area contributed by atoms with Crippen molar-refractivity contribution in [2.75, 3.05) is 11.9 Å². The van der Waals surface area contributed by atoms with Crippen molar-refractivity contribution in [3.05, 3.63) is 93.1 Å². The maximum Gasteiger partial charge on any atom is 0.233 e. The second-order valence-corrected chi connectivity index (χ2v) is 9.56. The Morgan fingerprint density at radius 2 is 1.84 bits per heavy atom. The van der Waals surface area contributed by atoms with Crippen LogP contribution in [0.15, 0.2) is 72.8 Å². The van der Waals surface area contributed by atoms with E-state index in [4.69, 9.17) is 9.47 Å². The first-order chi connectivity index (χ1) is 15.1. The lowest BCUT2D eigenvalue weighted by molar-refractivity contribution is -0.118. The minimum absolute atomic E-state index is 0.0375. The Labute approximate surface area is 194 Å². The van der Waals surface area contributed by atoms with Crippen LogP contribution < -0.4 is 14.8 Å². The van der Waals surface area contributed by atoms with E-state index in [1.807, 2.05) is 42.5 Å². The summed E-state index contributed by atoms with van der Waals surface area (Å²) in [7, 11) is 0. The first-order valence-corrected chi connectivity index (χ1v) is 11.5. The molecule has 2 heterocycles. The summed E-state index contributed by atoms with van der Waals surface area (Å²) in [5.74, 6) is 1.25. The number of ether oxygens (including phenoxy) is 2. The molecule has 0 saturated carbocycles. The highest BCUT2D eigenvalue weighted by molar-refractivity contribution is 14.1. The van der Waals surface area contributed by atoms with Crippen molar-refractivity contribution < 1.29 is 14.3 Å². The third-order valence-corrected chi connectivity index (χ3v) is 7.19. The van der Waals surface area contributed by atoms with Gasteiger partial charge in [0.05, 0.1) is 5.92 Å². The van der Waals surface area contributed by atoms with Crippen LogP contribution in [0.2, 0.25) is 0 Å². The minimum atomic E-state index is -0.503. The molecular formula is C26H20INO3. The van der Waals surface area contributed by atoms with Gasteiger partial charge in [0, 0.05) is 21.1 Å². The quantitative estimate of drug-likeness (QED) is 0.462. The summed E-state index contributed by atoms with van der Waals surface area (Å²) in [6, 6.07) is 22.3. The van der Waals surface area contributed by atoms with Gasteiger partial charge in [0.2, 0.25) is 5.91 Å². The number of hydrogen-bond donors (Lipinski definition) is 1. The topological polar surface area (TPSA) is 47.6 Å². The highest BCUT2D eigenvalue weighted by Gasteiger charge is 2.51. The van der Waals surface area contributed by atoms with Gasteiger partial charge in [-0.05, 0) is 69.6 Å². The molecule has 0 fully saturated rings. The largest absolute Gasteiger partial charge is 0.486 e. The molecule has 5 heteroatoms. The number of nitrogens with one attached hydrogen (secondary N) is 1. The van der Waals surface area contributed by atoms with Crippen molar-refractivity contribution in [3.63, 3.8) is 0 Å². The normalized spacial score (nSPS) is 25.1. The predicted octanol–water partition coefficient (Wildman–Crippen LogP) is 5.52. The molecule has 2 aliphatic heterocycles. The molecule has 31 heavy (non-hydrogen) atoms. The molecule has 0 spiro atoms. The first kappa shape index (κ1) is 18.9. The molecule has 3 atom stereocenters. The van der Waals surface area contributed by atoms with E-state index in [0.29, 0.717) is 13.0 Å². The van der Waals surface area contributed by atoms with Crippen molar-refractivity contribution in [1.29, 1.82) is 0 Å². The van der Waals surface area contributed by atoms with E-state index in [2.05, 4.69) is 64.3 Å². The van der Waals surface area contributed by atoms with Crippen LogP contribution in [-0.4, -0.2) is 18.6 Å². The molecule has 1 amide bonds. The fourth-order valence-corrected chi connectivity index (χ4v) is 5.74. The van der Waals surface area contributed by atoms with E-state index >= 15 is 0 Å². The summed E-state index contributed by atoms with van der Waals surface area (Å²) in [4.78, 5) is 13.4. The minimum Gasteiger partial charge on any atom is -0.486 e. The van der Waals surface area contributed by atoms with E-state index in [9.17, 15) is 4.79 Å². The Morgan fingerprint density at radius 1 is 1.03 bits per heavy atom. The average Bonchev–Trinajstić information content (AvgIpc) is 3.31. The molecule has 1 N–H and O–H groups in total. The van der Waals surface area contributed by atoms with Gasteiger partial charge in [-0.3, -0.25) is 4.79 Å². The fraction of sp³-hybridized carbons (Fsp3) is 0.192. The molecule has 0 bridgehead atoms. The van der Waals surface area contributed by atoms with Gasteiger partial charge in [-0.15, -0.1) is 0 Å². The molecule has 3 aliphatic rings. The molecule has 4 nitrogen and oxygen atoms in total. The summed E-state index contributed by atoms with van der Waals surface area (Å²) in [6.45, 7) is 0.461. The molecule has 0 saturated heterocycles. The van der Waals surface area contributed by atoms with Crippen molar-refractivity contribution in [2.24, 2.45) is 0 Å². The van der Waals surface area contributed by atoms with Crippen LogP contribution >= 0.6 is 22.6 Å². The number of para-hydroxylation sites is 2. The summed E-state index contributed by atoms with van der Waals surface area (Å²) < 4.78 is 13.5. The van der Waals surface area contributed by atoms with Crippen LogP contribution in [0.3, 0.4) is 0 Å². The van der Waals surface area contributed by atoms with Crippen LogP contribution in [-0.2, 0) is 10.2 Å². The molecule has 3 aromatic carbocycles. The number of hydrogen-bond acceptors (Lipinski definition) is 3. The molecular weight excluding hydrogens is 501 g/mol. The van der Waals surface area contributed by atoms with Crippen LogP contribution in [0.25, 0.3) is 6.08 Å². The zero-order valence-electron chi connectivity index (χ0n) is 16.7. The summed E-state index contributed by atoms with van der Waals surface area (Å²) in [5.41, 5.74) is 3.78. The highest BCUT2D eigenvalue weighted by Crippen LogP contribution is 2.54. The number of amides is 1. The number of rotatable bonds is 3. The fourth-order valence-electron chi connectivity index (χ4n) is 5.23. The van der Waals surface area contributed by atoms with Gasteiger partial charge < -0.3 is 14.8 Å². The maximum atomic E-state index is 13.4. The Balaban J connectivity index is 1.46. The van der Waals surface area contributed by atoms with E-state index in [1.165, 1.54) is 5.56 Å². The molecule has 0 aromatic heterocycles. The Kier molecular flexibility index (Phi) is 4.35. The van der Waals surface area contributed by atoms with E-state index < -0.39 is 5.41 Å². The van der Waals surface area contributed by atoms with Crippen molar-refractivity contribution >= 4 is 40.3 Å². The molecule has 1 aliphatic carbocycles. The van der Waals surface area contributed by atoms with Crippen LogP contribution in [0.4, 0.5) is 5.69 Å². The Morgan fingerprint density at radius 3 is 2.74 bits per heavy atom. The second-order valence-electron chi connectivity index (χ2n) is 8.32. The molecule has 6 rings (SSSR count). The molecule has 3 unspecified atom stereocenters. The average molecular weight is 521 g/mol. The van der Waals surface area contributed by atoms with E-state index in [-0.39, 0.29) is 17.9 Å². The number of carbonyl (C=O) groups is 1. The predicted molar refractivity (Wildman–Crippen MR) is 129 cm³/mol. The highest BCUT2D eigenvalue weighted by atomic mass is 127. The van der Waals surface area contributed by atoms with Crippen molar-refractivity contribution in [2.45, 2.75) is 23.9 Å². The lowest BCUT2D eigenvalue weighted by Gasteiger charge is -2.38. The Hall–Kier alpha value is -2.80. The van der Waals surface area contributed by atoms with Crippen LogP contribution in [0, 0.1) is 3.57 Å².